The third-order valence-electron chi connectivity index (χ3n) is 5.97. The summed E-state index contributed by atoms with van der Waals surface area (Å²) in [6, 6.07) is 32.2. The number of β-amino-alcohol motifs (C(OH)–C–C–N with tert-alkyl or cyclic N) is 1. The lowest BCUT2D eigenvalue weighted by Gasteiger charge is -2.42. The summed E-state index contributed by atoms with van der Waals surface area (Å²) in [6.45, 7) is 3.78. The van der Waals surface area contributed by atoms with Crippen LogP contribution >= 0.6 is 0 Å². The minimum atomic E-state index is -0.398. The molecule has 0 saturated carbocycles. The average molecular weight is 387 g/mol. The van der Waals surface area contributed by atoms with Crippen LogP contribution in [0, 0.1) is 0 Å². The van der Waals surface area contributed by atoms with Crippen LogP contribution in [-0.4, -0.2) is 35.2 Å². The predicted octanol–water partition coefficient (Wildman–Crippen LogP) is 4.56. The lowest BCUT2D eigenvalue weighted by Crippen LogP contribution is -2.53. The Labute approximate surface area is 174 Å². The summed E-state index contributed by atoms with van der Waals surface area (Å²) in [5.74, 6) is 0. The Balaban J connectivity index is 1.48. The first-order valence-electron chi connectivity index (χ1n) is 10.6. The van der Waals surface area contributed by atoms with Crippen LogP contribution in [0.2, 0.25) is 0 Å². The van der Waals surface area contributed by atoms with Gasteiger partial charge in [0.2, 0.25) is 0 Å². The monoisotopic (exact) mass is 386 g/mol. The Morgan fingerprint density at radius 3 is 1.76 bits per heavy atom. The zero-order valence-electron chi connectivity index (χ0n) is 17.0. The van der Waals surface area contributed by atoms with Crippen LogP contribution in [0.15, 0.2) is 91.0 Å². The minimum absolute atomic E-state index is 0.105. The van der Waals surface area contributed by atoms with Crippen LogP contribution in [0.5, 0.6) is 0 Å². The van der Waals surface area contributed by atoms with Crippen molar-refractivity contribution < 1.29 is 5.11 Å². The van der Waals surface area contributed by atoms with Gasteiger partial charge in [-0.2, -0.15) is 0 Å². The molecule has 0 aromatic heterocycles. The van der Waals surface area contributed by atoms with Crippen LogP contribution in [0.3, 0.4) is 0 Å². The molecule has 150 valence electrons. The number of aliphatic hydroxyl groups is 1. The number of rotatable bonds is 6. The fraction of sp³-hybridized carbons (Fsp3) is 0.308. The highest BCUT2D eigenvalue weighted by molar-refractivity contribution is 5.32. The highest BCUT2D eigenvalue weighted by Gasteiger charge is 2.33. The molecule has 2 N–H and O–H groups in total. The number of hydrogen-bond donors (Lipinski definition) is 2. The second-order valence-electron chi connectivity index (χ2n) is 7.98. The van der Waals surface area contributed by atoms with Gasteiger partial charge in [0.1, 0.15) is 0 Å². The van der Waals surface area contributed by atoms with Crippen molar-refractivity contribution in [1.29, 1.82) is 0 Å². The Bertz CT molecular complexity index is 829. The number of hydrogen-bond acceptors (Lipinski definition) is 3. The molecule has 3 aromatic carbocycles. The SMILES string of the molecule is CC(N[C@@H]1CCN(C(c2ccccc2)c2ccccc2)C[C@H]1O)c1ccccc1. The summed E-state index contributed by atoms with van der Waals surface area (Å²) < 4.78 is 0. The molecule has 29 heavy (non-hydrogen) atoms. The van der Waals surface area contributed by atoms with Gasteiger partial charge in [-0.15, -0.1) is 0 Å². The Morgan fingerprint density at radius 1 is 0.793 bits per heavy atom. The first-order valence-corrected chi connectivity index (χ1v) is 10.6. The zero-order chi connectivity index (χ0) is 20.1. The molecule has 1 saturated heterocycles. The molecule has 3 heteroatoms. The van der Waals surface area contributed by atoms with Gasteiger partial charge in [-0.25, -0.2) is 0 Å². The first kappa shape index (κ1) is 19.8. The Hall–Kier alpha value is -2.46. The van der Waals surface area contributed by atoms with Crippen molar-refractivity contribution in [2.75, 3.05) is 13.1 Å². The summed E-state index contributed by atoms with van der Waals surface area (Å²) in [6.07, 6.45) is 0.527. The topological polar surface area (TPSA) is 35.5 Å². The van der Waals surface area contributed by atoms with Crippen LogP contribution in [0.1, 0.15) is 42.1 Å². The molecule has 0 spiro atoms. The molecule has 0 amide bonds. The summed E-state index contributed by atoms with van der Waals surface area (Å²) in [5.41, 5.74) is 3.80. The van der Waals surface area contributed by atoms with Crippen molar-refractivity contribution in [2.45, 2.75) is 37.6 Å². The summed E-state index contributed by atoms with van der Waals surface area (Å²) >= 11 is 0. The van der Waals surface area contributed by atoms with Gasteiger partial charge in [0.15, 0.2) is 0 Å². The van der Waals surface area contributed by atoms with E-state index in [0.29, 0.717) is 6.54 Å². The third-order valence-corrected chi connectivity index (χ3v) is 5.97. The normalized spacial score (nSPS) is 21.2. The lowest BCUT2D eigenvalue weighted by atomic mass is 9.92. The molecule has 0 aliphatic carbocycles. The molecule has 1 aliphatic rings. The molecule has 3 aromatic rings. The van der Waals surface area contributed by atoms with E-state index in [9.17, 15) is 5.11 Å². The van der Waals surface area contributed by atoms with Crippen molar-refractivity contribution in [3.05, 3.63) is 108 Å². The minimum Gasteiger partial charge on any atom is -0.390 e. The second kappa shape index (κ2) is 9.36. The summed E-state index contributed by atoms with van der Waals surface area (Å²) in [5, 5.41) is 14.6. The maximum absolute atomic E-state index is 11.0. The number of piperidine rings is 1. The van der Waals surface area contributed by atoms with E-state index >= 15 is 0 Å². The van der Waals surface area contributed by atoms with E-state index in [1.54, 1.807) is 0 Å². The van der Waals surface area contributed by atoms with Gasteiger partial charge in [0.05, 0.1) is 12.1 Å². The number of benzene rings is 3. The van der Waals surface area contributed by atoms with Gasteiger partial charge in [-0.3, -0.25) is 4.90 Å². The second-order valence-corrected chi connectivity index (χ2v) is 7.98. The van der Waals surface area contributed by atoms with Gasteiger partial charge in [-0.05, 0) is 30.0 Å². The van der Waals surface area contributed by atoms with E-state index in [2.05, 4.69) is 102 Å². The quantitative estimate of drug-likeness (QED) is 0.652. The first-order chi connectivity index (χ1) is 14.2. The molecule has 3 nitrogen and oxygen atoms in total. The molecule has 0 bridgehead atoms. The number of aliphatic hydroxyl groups excluding tert-OH is 1. The summed E-state index contributed by atoms with van der Waals surface area (Å²) in [7, 11) is 0. The molecular weight excluding hydrogens is 356 g/mol. The molecule has 1 aliphatic heterocycles. The van der Waals surface area contributed by atoms with Crippen molar-refractivity contribution in [3.63, 3.8) is 0 Å². The predicted molar refractivity (Wildman–Crippen MR) is 119 cm³/mol. The molecule has 0 radical (unpaired) electrons. The third kappa shape index (κ3) is 4.76. The van der Waals surface area contributed by atoms with Crippen LogP contribution in [-0.2, 0) is 0 Å². The van der Waals surface area contributed by atoms with Crippen molar-refractivity contribution in [2.24, 2.45) is 0 Å². The van der Waals surface area contributed by atoms with Crippen LogP contribution in [0.25, 0.3) is 0 Å². The van der Waals surface area contributed by atoms with E-state index in [0.717, 1.165) is 13.0 Å². The van der Waals surface area contributed by atoms with E-state index < -0.39 is 6.10 Å². The van der Waals surface area contributed by atoms with E-state index in [1.807, 2.05) is 6.07 Å². The van der Waals surface area contributed by atoms with Gasteiger partial charge < -0.3 is 10.4 Å². The largest absolute Gasteiger partial charge is 0.390 e. The fourth-order valence-electron chi connectivity index (χ4n) is 4.43. The van der Waals surface area contributed by atoms with Gasteiger partial charge in [0.25, 0.3) is 0 Å². The molecule has 4 rings (SSSR count). The van der Waals surface area contributed by atoms with Crippen molar-refractivity contribution in [1.82, 2.24) is 10.2 Å². The van der Waals surface area contributed by atoms with E-state index in [4.69, 9.17) is 0 Å². The fourth-order valence-corrected chi connectivity index (χ4v) is 4.43. The van der Waals surface area contributed by atoms with Crippen LogP contribution in [0.4, 0.5) is 0 Å². The highest BCUT2D eigenvalue weighted by Crippen LogP contribution is 2.31. The van der Waals surface area contributed by atoms with Crippen molar-refractivity contribution in [3.8, 4) is 0 Å². The number of nitrogens with zero attached hydrogens (tertiary/aromatic N) is 1. The zero-order valence-corrected chi connectivity index (χ0v) is 17.0. The van der Waals surface area contributed by atoms with Crippen molar-refractivity contribution >= 4 is 0 Å². The van der Waals surface area contributed by atoms with E-state index in [-0.39, 0.29) is 18.1 Å². The molecule has 1 heterocycles. The smallest absolute Gasteiger partial charge is 0.0820 e. The van der Waals surface area contributed by atoms with Crippen LogP contribution < -0.4 is 5.32 Å². The maximum atomic E-state index is 11.0. The van der Waals surface area contributed by atoms with Gasteiger partial charge >= 0.3 is 0 Å². The van der Waals surface area contributed by atoms with Gasteiger partial charge in [0, 0.05) is 25.2 Å². The highest BCUT2D eigenvalue weighted by atomic mass is 16.3. The lowest BCUT2D eigenvalue weighted by molar-refractivity contribution is 0.0242. The Morgan fingerprint density at radius 2 is 1.28 bits per heavy atom. The molecule has 1 unspecified atom stereocenters. The Kier molecular flexibility index (Phi) is 6.40. The number of likely N-dealkylation sites (tertiary alicyclic amines) is 1. The molecular formula is C26H30N2O. The number of nitrogens with one attached hydrogen (secondary N) is 1. The maximum Gasteiger partial charge on any atom is 0.0820 e. The average Bonchev–Trinajstić information content (AvgIpc) is 2.78. The van der Waals surface area contributed by atoms with E-state index in [1.165, 1.54) is 16.7 Å². The standard InChI is InChI=1S/C26H30N2O/c1-20(21-11-5-2-6-12-21)27-24-17-18-28(19-25(24)29)26(22-13-7-3-8-14-22)23-15-9-4-10-16-23/h2-16,20,24-27,29H,17-19H2,1H3/t20?,24-,25-/m1/s1. The summed E-state index contributed by atoms with van der Waals surface area (Å²) in [4.78, 5) is 2.42. The molecule has 1 fully saturated rings. The van der Waals surface area contributed by atoms with Gasteiger partial charge in [-0.1, -0.05) is 91.0 Å². The molecule has 3 atom stereocenters.